The van der Waals surface area contributed by atoms with Gasteiger partial charge in [0, 0.05) is 13.1 Å². The molecule has 23 heavy (non-hydrogen) atoms. The smallest absolute Gasteiger partial charge is 0.258 e. The Labute approximate surface area is 138 Å². The van der Waals surface area contributed by atoms with E-state index in [-0.39, 0.29) is 23.3 Å². The highest BCUT2D eigenvalue weighted by molar-refractivity contribution is 7.89. The molecule has 1 amide bonds. The van der Waals surface area contributed by atoms with E-state index in [0.29, 0.717) is 24.4 Å². The number of amides is 1. The highest BCUT2D eigenvalue weighted by Gasteiger charge is 2.16. The second kappa shape index (κ2) is 8.69. The minimum Gasteiger partial charge on any atom is -0.484 e. The fraction of sp³-hybridized carbons (Fsp3) is 0.438. The first-order chi connectivity index (χ1) is 10.8. The molecule has 0 heterocycles. The summed E-state index contributed by atoms with van der Waals surface area (Å²) in [7, 11) is -3.53. The lowest BCUT2D eigenvalue weighted by atomic mass is 10.2. The van der Waals surface area contributed by atoms with Crippen LogP contribution >= 0.6 is 0 Å². The first kappa shape index (κ1) is 19.2. The quantitative estimate of drug-likeness (QED) is 0.669. The predicted octanol–water partition coefficient (Wildman–Crippen LogP) is 1.61. The van der Waals surface area contributed by atoms with Crippen molar-refractivity contribution in [2.75, 3.05) is 19.7 Å². The number of carbonyl (C=O) groups is 1. The third-order valence-corrected chi connectivity index (χ3v) is 4.36. The first-order valence-corrected chi connectivity index (χ1v) is 8.85. The summed E-state index contributed by atoms with van der Waals surface area (Å²) < 4.78 is 32.3. The van der Waals surface area contributed by atoms with Gasteiger partial charge in [-0.25, -0.2) is 13.1 Å². The molecule has 1 rings (SSSR count). The van der Waals surface area contributed by atoms with Crippen molar-refractivity contribution in [2.45, 2.75) is 25.7 Å². The molecule has 0 bridgehead atoms. The molecule has 7 heteroatoms. The number of nitrogens with one attached hydrogen (secondary N) is 2. The van der Waals surface area contributed by atoms with Crippen molar-refractivity contribution in [3.8, 4) is 5.75 Å². The van der Waals surface area contributed by atoms with Gasteiger partial charge < -0.3 is 10.1 Å². The molecule has 128 valence electrons. The van der Waals surface area contributed by atoms with Gasteiger partial charge in [0.1, 0.15) is 5.75 Å². The summed E-state index contributed by atoms with van der Waals surface area (Å²) in [4.78, 5) is 11.7. The lowest BCUT2D eigenvalue weighted by Crippen LogP contribution is -2.29. The Morgan fingerprint density at radius 1 is 1.39 bits per heavy atom. The Morgan fingerprint density at radius 3 is 2.65 bits per heavy atom. The molecule has 0 fully saturated rings. The number of carbonyl (C=O) groups excluding carboxylic acids is 1. The molecule has 1 aromatic carbocycles. The maximum absolute atomic E-state index is 12.2. The Morgan fingerprint density at radius 2 is 2.09 bits per heavy atom. The van der Waals surface area contributed by atoms with E-state index in [1.165, 1.54) is 12.1 Å². The van der Waals surface area contributed by atoms with Crippen LogP contribution in [-0.2, 0) is 14.8 Å². The van der Waals surface area contributed by atoms with E-state index >= 15 is 0 Å². The second-order valence-electron chi connectivity index (χ2n) is 5.55. The molecule has 0 aliphatic carbocycles. The number of sulfonamides is 1. The van der Waals surface area contributed by atoms with Crippen LogP contribution in [-0.4, -0.2) is 34.0 Å². The Kier molecular flexibility index (Phi) is 7.25. The zero-order chi connectivity index (χ0) is 17.5. The molecule has 0 aliphatic rings. The molecular formula is C16H24N2O4S. The van der Waals surface area contributed by atoms with Gasteiger partial charge in [-0.05, 0) is 36.6 Å². The minimum absolute atomic E-state index is 0.133. The Hall–Kier alpha value is -1.86. The molecule has 0 atom stereocenters. The zero-order valence-corrected chi connectivity index (χ0v) is 14.6. The maximum atomic E-state index is 12.2. The summed E-state index contributed by atoms with van der Waals surface area (Å²) in [6.07, 6.45) is 1.58. The SMILES string of the molecule is C=CCNC(=O)COc1ccc(S(=O)(=O)NCC(C)C)cc1C. The van der Waals surface area contributed by atoms with Gasteiger partial charge in [-0.15, -0.1) is 6.58 Å². The number of rotatable bonds is 9. The molecule has 0 saturated carbocycles. The van der Waals surface area contributed by atoms with Gasteiger partial charge in [0.05, 0.1) is 4.90 Å². The summed E-state index contributed by atoms with van der Waals surface area (Å²) in [6.45, 7) is 9.73. The summed E-state index contributed by atoms with van der Waals surface area (Å²) in [6, 6.07) is 4.55. The molecular weight excluding hydrogens is 316 g/mol. The average molecular weight is 340 g/mol. The van der Waals surface area contributed by atoms with Gasteiger partial charge in [-0.3, -0.25) is 4.79 Å². The molecule has 6 nitrogen and oxygen atoms in total. The number of benzene rings is 1. The Bertz CT molecular complexity index is 654. The summed E-state index contributed by atoms with van der Waals surface area (Å²) in [5.41, 5.74) is 0.647. The van der Waals surface area contributed by atoms with Gasteiger partial charge in [0.15, 0.2) is 6.61 Å². The van der Waals surface area contributed by atoms with Gasteiger partial charge in [-0.2, -0.15) is 0 Å². The lowest BCUT2D eigenvalue weighted by molar-refractivity contribution is -0.122. The van der Waals surface area contributed by atoms with Crippen molar-refractivity contribution in [2.24, 2.45) is 5.92 Å². The largest absolute Gasteiger partial charge is 0.484 e. The fourth-order valence-electron chi connectivity index (χ4n) is 1.69. The molecule has 0 radical (unpaired) electrons. The van der Waals surface area contributed by atoms with Crippen LogP contribution in [0.3, 0.4) is 0 Å². The lowest BCUT2D eigenvalue weighted by Gasteiger charge is -2.12. The molecule has 0 aliphatic heterocycles. The van der Waals surface area contributed by atoms with E-state index in [1.54, 1.807) is 19.1 Å². The summed E-state index contributed by atoms with van der Waals surface area (Å²) in [5.74, 6) is 0.434. The normalized spacial score (nSPS) is 11.3. The van der Waals surface area contributed by atoms with Crippen molar-refractivity contribution < 1.29 is 17.9 Å². The summed E-state index contributed by atoms with van der Waals surface area (Å²) in [5, 5.41) is 2.60. The molecule has 1 aromatic rings. The highest BCUT2D eigenvalue weighted by Crippen LogP contribution is 2.21. The predicted molar refractivity (Wildman–Crippen MR) is 89.9 cm³/mol. The van der Waals surface area contributed by atoms with E-state index in [0.717, 1.165) is 0 Å². The van der Waals surface area contributed by atoms with Crippen LogP contribution in [0.25, 0.3) is 0 Å². The van der Waals surface area contributed by atoms with E-state index in [9.17, 15) is 13.2 Å². The van der Waals surface area contributed by atoms with E-state index in [1.807, 2.05) is 13.8 Å². The number of hydrogen-bond acceptors (Lipinski definition) is 4. The van der Waals surface area contributed by atoms with Crippen LogP contribution in [0.5, 0.6) is 5.75 Å². The Balaban J connectivity index is 2.74. The number of aryl methyl sites for hydroxylation is 1. The molecule has 2 N–H and O–H groups in total. The van der Waals surface area contributed by atoms with Crippen LogP contribution in [0.15, 0.2) is 35.7 Å². The van der Waals surface area contributed by atoms with Crippen molar-refractivity contribution in [3.05, 3.63) is 36.4 Å². The van der Waals surface area contributed by atoms with Crippen LogP contribution in [0, 0.1) is 12.8 Å². The second-order valence-corrected chi connectivity index (χ2v) is 7.32. The van der Waals surface area contributed by atoms with E-state index in [4.69, 9.17) is 4.74 Å². The van der Waals surface area contributed by atoms with Crippen molar-refractivity contribution in [3.63, 3.8) is 0 Å². The molecule has 0 spiro atoms. The van der Waals surface area contributed by atoms with E-state index in [2.05, 4.69) is 16.6 Å². The molecule has 0 unspecified atom stereocenters. The van der Waals surface area contributed by atoms with Crippen molar-refractivity contribution >= 4 is 15.9 Å². The van der Waals surface area contributed by atoms with Crippen molar-refractivity contribution in [1.29, 1.82) is 0 Å². The average Bonchev–Trinajstić information content (AvgIpc) is 2.49. The third-order valence-electron chi connectivity index (χ3n) is 2.94. The van der Waals surface area contributed by atoms with Crippen LogP contribution < -0.4 is 14.8 Å². The topological polar surface area (TPSA) is 84.5 Å². The van der Waals surface area contributed by atoms with Crippen molar-refractivity contribution in [1.82, 2.24) is 10.0 Å². The van der Waals surface area contributed by atoms with Gasteiger partial charge in [0.2, 0.25) is 10.0 Å². The number of hydrogen-bond donors (Lipinski definition) is 2. The molecule has 0 aromatic heterocycles. The highest BCUT2D eigenvalue weighted by atomic mass is 32.2. The molecule has 0 saturated heterocycles. The summed E-state index contributed by atoms with van der Waals surface area (Å²) >= 11 is 0. The maximum Gasteiger partial charge on any atom is 0.258 e. The monoisotopic (exact) mass is 340 g/mol. The third kappa shape index (κ3) is 6.42. The van der Waals surface area contributed by atoms with Crippen LogP contribution in [0.1, 0.15) is 19.4 Å². The zero-order valence-electron chi connectivity index (χ0n) is 13.8. The number of ether oxygens (including phenoxy) is 1. The van der Waals surface area contributed by atoms with Crippen LogP contribution in [0.2, 0.25) is 0 Å². The standard InChI is InChI=1S/C16H24N2O4S/c1-5-8-17-16(19)11-22-15-7-6-14(9-13(15)4)23(20,21)18-10-12(2)3/h5-7,9,12,18H,1,8,10-11H2,2-4H3,(H,17,19). The van der Waals surface area contributed by atoms with Gasteiger partial charge in [-0.1, -0.05) is 19.9 Å². The van der Waals surface area contributed by atoms with Gasteiger partial charge >= 0.3 is 0 Å². The first-order valence-electron chi connectivity index (χ1n) is 7.37. The van der Waals surface area contributed by atoms with Crippen LogP contribution in [0.4, 0.5) is 0 Å². The van der Waals surface area contributed by atoms with Gasteiger partial charge in [0.25, 0.3) is 5.91 Å². The minimum atomic E-state index is -3.53. The van der Waals surface area contributed by atoms with E-state index < -0.39 is 10.0 Å². The fourth-order valence-corrected chi connectivity index (χ4v) is 2.99.